The second-order valence-corrected chi connectivity index (χ2v) is 6.00. The molecular formula is C11H21N5. The normalized spacial score (nSPS) is 12.8. The van der Waals surface area contributed by atoms with Gasteiger partial charge in [-0.2, -0.15) is 15.0 Å². The van der Waals surface area contributed by atoms with Crippen molar-refractivity contribution in [2.24, 2.45) is 5.41 Å². The number of nitrogens with two attached hydrogens (primary N) is 2. The minimum absolute atomic E-state index is 0.163. The van der Waals surface area contributed by atoms with Crippen LogP contribution in [0.15, 0.2) is 0 Å². The van der Waals surface area contributed by atoms with Gasteiger partial charge in [-0.25, -0.2) is 0 Å². The third-order valence-corrected chi connectivity index (χ3v) is 2.25. The van der Waals surface area contributed by atoms with Crippen molar-refractivity contribution in [2.75, 3.05) is 11.5 Å². The van der Waals surface area contributed by atoms with Crippen molar-refractivity contribution in [3.05, 3.63) is 5.82 Å². The predicted molar refractivity (Wildman–Crippen MR) is 65.7 cm³/mol. The molecular weight excluding hydrogens is 202 g/mol. The van der Waals surface area contributed by atoms with Gasteiger partial charge in [0.05, 0.1) is 0 Å². The average molecular weight is 223 g/mol. The van der Waals surface area contributed by atoms with Gasteiger partial charge in [0, 0.05) is 5.41 Å². The minimum Gasteiger partial charge on any atom is -0.368 e. The standard InChI is InChI=1S/C11H21N5/c1-10(2,3)6-11(4,5)7-14-8(12)16-9(13)15-7/h6H2,1-5H3,(H4,12,13,14,15,16). The number of nitrogen functional groups attached to an aromatic ring is 2. The summed E-state index contributed by atoms with van der Waals surface area (Å²) in [6.45, 7) is 10.7. The van der Waals surface area contributed by atoms with Crippen molar-refractivity contribution in [1.82, 2.24) is 15.0 Å². The largest absolute Gasteiger partial charge is 0.368 e. The van der Waals surface area contributed by atoms with E-state index in [1.165, 1.54) is 0 Å². The van der Waals surface area contributed by atoms with E-state index in [1.54, 1.807) is 0 Å². The molecule has 1 aromatic heterocycles. The Morgan fingerprint density at radius 2 is 1.31 bits per heavy atom. The van der Waals surface area contributed by atoms with Crippen LogP contribution in [0.3, 0.4) is 0 Å². The van der Waals surface area contributed by atoms with Crippen molar-refractivity contribution < 1.29 is 0 Å². The second-order valence-electron chi connectivity index (χ2n) is 6.00. The molecule has 0 aliphatic rings. The minimum atomic E-state index is -0.163. The van der Waals surface area contributed by atoms with Gasteiger partial charge in [-0.3, -0.25) is 0 Å². The molecule has 0 fully saturated rings. The molecule has 0 unspecified atom stereocenters. The summed E-state index contributed by atoms with van der Waals surface area (Å²) in [5, 5.41) is 0. The van der Waals surface area contributed by atoms with Gasteiger partial charge in [0.2, 0.25) is 11.9 Å². The first-order chi connectivity index (χ1) is 7.10. The highest BCUT2D eigenvalue weighted by Gasteiger charge is 2.30. The van der Waals surface area contributed by atoms with E-state index in [0.29, 0.717) is 5.82 Å². The fourth-order valence-electron chi connectivity index (χ4n) is 2.12. The van der Waals surface area contributed by atoms with E-state index in [-0.39, 0.29) is 22.7 Å². The lowest BCUT2D eigenvalue weighted by atomic mass is 9.76. The average Bonchev–Trinajstić information content (AvgIpc) is 1.96. The molecule has 0 spiro atoms. The fourth-order valence-corrected chi connectivity index (χ4v) is 2.12. The highest BCUT2D eigenvalue weighted by Crippen LogP contribution is 2.34. The first-order valence-electron chi connectivity index (χ1n) is 5.38. The van der Waals surface area contributed by atoms with Crippen LogP contribution in [0.1, 0.15) is 46.9 Å². The summed E-state index contributed by atoms with van der Waals surface area (Å²) in [4.78, 5) is 12.1. The monoisotopic (exact) mass is 223 g/mol. The molecule has 1 rings (SSSR count). The zero-order chi connectivity index (χ0) is 12.6. The maximum Gasteiger partial charge on any atom is 0.225 e. The molecule has 1 heterocycles. The van der Waals surface area contributed by atoms with Crippen LogP contribution in [0.25, 0.3) is 0 Å². The highest BCUT2D eigenvalue weighted by molar-refractivity contribution is 5.28. The molecule has 4 N–H and O–H groups in total. The molecule has 0 aliphatic carbocycles. The SMILES string of the molecule is CC(C)(C)CC(C)(C)c1nc(N)nc(N)n1. The van der Waals surface area contributed by atoms with Crippen LogP contribution in [0, 0.1) is 5.41 Å². The molecule has 0 bridgehead atoms. The first kappa shape index (κ1) is 12.7. The molecule has 1 aromatic rings. The number of aromatic nitrogens is 3. The van der Waals surface area contributed by atoms with Crippen LogP contribution in [0.5, 0.6) is 0 Å². The number of hydrogen-bond acceptors (Lipinski definition) is 5. The van der Waals surface area contributed by atoms with Crippen molar-refractivity contribution in [2.45, 2.75) is 46.5 Å². The summed E-state index contributed by atoms with van der Waals surface area (Å²) < 4.78 is 0. The fraction of sp³-hybridized carbons (Fsp3) is 0.727. The van der Waals surface area contributed by atoms with Crippen LogP contribution < -0.4 is 11.5 Å². The summed E-state index contributed by atoms with van der Waals surface area (Å²) >= 11 is 0. The van der Waals surface area contributed by atoms with Crippen LogP contribution in [0.4, 0.5) is 11.9 Å². The van der Waals surface area contributed by atoms with Gasteiger partial charge < -0.3 is 11.5 Å². The van der Waals surface area contributed by atoms with E-state index in [1.807, 2.05) is 0 Å². The lowest BCUT2D eigenvalue weighted by Crippen LogP contribution is -2.28. The predicted octanol–water partition coefficient (Wildman–Crippen LogP) is 1.75. The first-order valence-corrected chi connectivity index (χ1v) is 5.38. The Balaban J connectivity index is 3.06. The van der Waals surface area contributed by atoms with E-state index in [2.05, 4.69) is 49.6 Å². The van der Waals surface area contributed by atoms with Gasteiger partial charge in [0.15, 0.2) is 0 Å². The van der Waals surface area contributed by atoms with Gasteiger partial charge in [-0.05, 0) is 11.8 Å². The molecule has 0 atom stereocenters. The van der Waals surface area contributed by atoms with Crippen LogP contribution in [0.2, 0.25) is 0 Å². The van der Waals surface area contributed by atoms with Crippen LogP contribution >= 0.6 is 0 Å². The quantitative estimate of drug-likeness (QED) is 0.797. The maximum atomic E-state index is 5.58. The zero-order valence-electron chi connectivity index (χ0n) is 10.7. The van der Waals surface area contributed by atoms with Gasteiger partial charge in [0.25, 0.3) is 0 Å². The van der Waals surface area contributed by atoms with Crippen molar-refractivity contribution in [1.29, 1.82) is 0 Å². The Morgan fingerprint density at radius 1 is 0.875 bits per heavy atom. The Labute approximate surface area is 96.7 Å². The van der Waals surface area contributed by atoms with Crippen molar-refractivity contribution in [3.63, 3.8) is 0 Å². The highest BCUT2D eigenvalue weighted by atomic mass is 15.1. The van der Waals surface area contributed by atoms with E-state index in [9.17, 15) is 0 Å². The van der Waals surface area contributed by atoms with E-state index in [4.69, 9.17) is 11.5 Å². The van der Waals surface area contributed by atoms with Crippen molar-refractivity contribution >= 4 is 11.9 Å². The number of hydrogen-bond donors (Lipinski definition) is 2. The van der Waals surface area contributed by atoms with Crippen LogP contribution in [-0.4, -0.2) is 15.0 Å². The molecule has 0 saturated heterocycles. The van der Waals surface area contributed by atoms with Gasteiger partial charge in [0.1, 0.15) is 5.82 Å². The topological polar surface area (TPSA) is 90.7 Å². The molecule has 0 aromatic carbocycles. The Hall–Kier alpha value is -1.39. The lowest BCUT2D eigenvalue weighted by molar-refractivity contribution is 0.275. The summed E-state index contributed by atoms with van der Waals surface area (Å²) in [7, 11) is 0. The Kier molecular flexibility index (Phi) is 3.08. The summed E-state index contributed by atoms with van der Waals surface area (Å²) in [6.07, 6.45) is 0.947. The van der Waals surface area contributed by atoms with Crippen molar-refractivity contribution in [3.8, 4) is 0 Å². The van der Waals surface area contributed by atoms with Gasteiger partial charge in [-0.15, -0.1) is 0 Å². The van der Waals surface area contributed by atoms with E-state index >= 15 is 0 Å². The molecule has 16 heavy (non-hydrogen) atoms. The summed E-state index contributed by atoms with van der Waals surface area (Å²) in [5.74, 6) is 1.03. The maximum absolute atomic E-state index is 5.58. The Morgan fingerprint density at radius 3 is 1.69 bits per heavy atom. The summed E-state index contributed by atoms with van der Waals surface area (Å²) in [5.41, 5.74) is 11.2. The third-order valence-electron chi connectivity index (χ3n) is 2.25. The molecule has 90 valence electrons. The summed E-state index contributed by atoms with van der Waals surface area (Å²) in [6, 6.07) is 0. The third kappa shape index (κ3) is 3.32. The molecule has 0 saturated carbocycles. The smallest absolute Gasteiger partial charge is 0.225 e. The molecule has 0 radical (unpaired) electrons. The van der Waals surface area contributed by atoms with Gasteiger partial charge >= 0.3 is 0 Å². The van der Waals surface area contributed by atoms with Crippen LogP contribution in [-0.2, 0) is 5.41 Å². The second kappa shape index (κ2) is 3.88. The Bertz CT molecular complexity index is 358. The number of rotatable bonds is 2. The molecule has 0 amide bonds. The lowest BCUT2D eigenvalue weighted by Gasteiger charge is -2.31. The number of nitrogens with zero attached hydrogens (tertiary/aromatic N) is 3. The van der Waals surface area contributed by atoms with E-state index in [0.717, 1.165) is 6.42 Å². The molecule has 0 aliphatic heterocycles. The number of anilines is 2. The van der Waals surface area contributed by atoms with Gasteiger partial charge in [-0.1, -0.05) is 34.6 Å². The zero-order valence-corrected chi connectivity index (χ0v) is 10.7. The molecule has 5 heteroatoms. The molecule has 5 nitrogen and oxygen atoms in total. The van der Waals surface area contributed by atoms with E-state index < -0.39 is 0 Å².